The minimum Gasteiger partial charge on any atom is -0.310 e. The van der Waals surface area contributed by atoms with Crippen molar-refractivity contribution >= 4 is 60.4 Å². The second kappa shape index (κ2) is 15.8. The molecule has 0 spiro atoms. The Morgan fingerprint density at radius 1 is 0.281 bits per heavy atom. The predicted molar refractivity (Wildman–Crippen MR) is 272 cm³/mol. The minimum atomic E-state index is 1.07. The molecule has 0 fully saturated rings. The van der Waals surface area contributed by atoms with E-state index in [1.807, 2.05) is 0 Å². The van der Waals surface area contributed by atoms with E-state index in [-0.39, 0.29) is 0 Å². The van der Waals surface area contributed by atoms with E-state index in [9.17, 15) is 0 Å². The number of rotatable bonds is 8. The summed E-state index contributed by atoms with van der Waals surface area (Å²) in [6.07, 6.45) is 0. The summed E-state index contributed by atoms with van der Waals surface area (Å²) in [5, 5.41) is 7.49. The highest BCUT2D eigenvalue weighted by Crippen LogP contribution is 2.46. The summed E-state index contributed by atoms with van der Waals surface area (Å²) < 4.78 is 2.47. The first kappa shape index (κ1) is 37.3. The predicted octanol–water partition coefficient (Wildman–Crippen LogP) is 17.2. The molecule has 0 unspecified atom stereocenters. The molecule has 12 rings (SSSR count). The van der Waals surface area contributed by atoms with Gasteiger partial charge >= 0.3 is 0 Å². The van der Waals surface area contributed by atoms with Crippen molar-refractivity contribution in [1.82, 2.24) is 4.57 Å². The smallest absolute Gasteiger partial charge is 0.0547 e. The van der Waals surface area contributed by atoms with Gasteiger partial charge in [-0.15, -0.1) is 0 Å². The van der Waals surface area contributed by atoms with Crippen LogP contribution in [0.4, 0.5) is 17.1 Å². The molecule has 0 N–H and O–H groups in total. The first-order valence-electron chi connectivity index (χ1n) is 22.0. The fraction of sp³-hybridized carbons (Fsp3) is 0. The zero-order chi connectivity index (χ0) is 42.4. The van der Waals surface area contributed by atoms with Crippen LogP contribution < -0.4 is 4.90 Å². The summed E-state index contributed by atoms with van der Waals surface area (Å²) in [6.45, 7) is 0. The zero-order valence-corrected chi connectivity index (χ0v) is 35.1. The lowest BCUT2D eigenvalue weighted by molar-refractivity contribution is 1.18. The van der Waals surface area contributed by atoms with E-state index < -0.39 is 0 Å². The first-order valence-corrected chi connectivity index (χ1v) is 22.0. The second-order valence-electron chi connectivity index (χ2n) is 16.5. The summed E-state index contributed by atoms with van der Waals surface area (Å²) in [6, 6.07) is 92.8. The fourth-order valence-electron chi connectivity index (χ4n) is 9.79. The Morgan fingerprint density at radius 3 is 1.67 bits per heavy atom. The van der Waals surface area contributed by atoms with Gasteiger partial charge in [0.1, 0.15) is 0 Å². The van der Waals surface area contributed by atoms with Crippen LogP contribution in [0.2, 0.25) is 0 Å². The van der Waals surface area contributed by atoms with Crippen LogP contribution in [0.3, 0.4) is 0 Å². The van der Waals surface area contributed by atoms with Gasteiger partial charge in [0.2, 0.25) is 0 Å². The topological polar surface area (TPSA) is 8.17 Å². The number of aromatic nitrogens is 1. The van der Waals surface area contributed by atoms with Crippen molar-refractivity contribution in [3.63, 3.8) is 0 Å². The first-order chi connectivity index (χ1) is 31.8. The van der Waals surface area contributed by atoms with Gasteiger partial charge in [0.25, 0.3) is 0 Å². The van der Waals surface area contributed by atoms with Gasteiger partial charge in [0.15, 0.2) is 0 Å². The number of hydrogen-bond donors (Lipinski definition) is 0. The monoisotopic (exact) mass is 814 g/mol. The standard InChI is InChI=1S/C62H42N2/c1-3-17-43(18-4-1)45-33-36-50(37-34-45)63(58-28-14-11-24-52(58)49-32-31-44-19-7-8-23-48(44)41-49)51-38-39-54(57(42-51)46-20-5-2-6-21-46)55-26-12-15-29-59(55)64-60-30-16-13-27-56(60)62-53-25-10-9-22-47(53)35-40-61(62)64/h1-42H. The van der Waals surface area contributed by atoms with Crippen molar-refractivity contribution < 1.29 is 0 Å². The third-order valence-corrected chi connectivity index (χ3v) is 12.8. The van der Waals surface area contributed by atoms with E-state index in [4.69, 9.17) is 0 Å². The Kier molecular flexibility index (Phi) is 9.20. The van der Waals surface area contributed by atoms with Crippen molar-refractivity contribution in [2.24, 2.45) is 0 Å². The average molecular weight is 815 g/mol. The molecule has 0 saturated carbocycles. The van der Waals surface area contributed by atoms with Gasteiger partial charge in [0, 0.05) is 33.3 Å². The molecule has 0 amide bonds. The van der Waals surface area contributed by atoms with E-state index in [1.165, 1.54) is 71.2 Å². The maximum absolute atomic E-state index is 2.47. The molecule has 64 heavy (non-hydrogen) atoms. The van der Waals surface area contributed by atoms with Crippen molar-refractivity contribution in [3.8, 4) is 50.2 Å². The van der Waals surface area contributed by atoms with E-state index in [0.717, 1.165) is 39.4 Å². The van der Waals surface area contributed by atoms with Crippen molar-refractivity contribution in [3.05, 3.63) is 255 Å². The van der Waals surface area contributed by atoms with Crippen LogP contribution in [-0.2, 0) is 0 Å². The van der Waals surface area contributed by atoms with Gasteiger partial charge < -0.3 is 9.47 Å². The highest BCUT2D eigenvalue weighted by Gasteiger charge is 2.22. The van der Waals surface area contributed by atoms with Gasteiger partial charge in [-0.1, -0.05) is 200 Å². The van der Waals surface area contributed by atoms with Crippen LogP contribution in [0.25, 0.3) is 93.5 Å². The molecule has 0 saturated heterocycles. The molecule has 2 heteroatoms. The number of para-hydroxylation sites is 3. The molecule has 11 aromatic carbocycles. The molecular formula is C62H42N2. The third kappa shape index (κ3) is 6.44. The highest BCUT2D eigenvalue weighted by atomic mass is 15.1. The number of fused-ring (bicyclic) bond motifs is 6. The van der Waals surface area contributed by atoms with E-state index in [2.05, 4.69) is 264 Å². The lowest BCUT2D eigenvalue weighted by Crippen LogP contribution is -2.11. The van der Waals surface area contributed by atoms with Crippen LogP contribution >= 0.6 is 0 Å². The Bertz CT molecular complexity index is 3660. The maximum atomic E-state index is 2.47. The zero-order valence-electron chi connectivity index (χ0n) is 35.1. The van der Waals surface area contributed by atoms with E-state index in [1.54, 1.807) is 0 Å². The lowest BCUT2D eigenvalue weighted by Gasteiger charge is -2.29. The SMILES string of the molecule is c1ccc(-c2ccc(N(c3ccc(-c4ccccc4-n4c5ccccc5c5c6ccccc6ccc54)c(-c4ccccc4)c3)c3ccccc3-c3ccc4ccccc4c3)cc2)cc1. The number of anilines is 3. The molecule has 0 bridgehead atoms. The van der Waals surface area contributed by atoms with Gasteiger partial charge in [0.05, 0.1) is 22.4 Å². The summed E-state index contributed by atoms with van der Waals surface area (Å²) >= 11 is 0. The van der Waals surface area contributed by atoms with Crippen LogP contribution in [0.5, 0.6) is 0 Å². The summed E-state index contributed by atoms with van der Waals surface area (Å²) in [5.74, 6) is 0. The molecule has 0 radical (unpaired) electrons. The van der Waals surface area contributed by atoms with E-state index in [0.29, 0.717) is 0 Å². The molecule has 300 valence electrons. The van der Waals surface area contributed by atoms with Crippen molar-refractivity contribution in [1.29, 1.82) is 0 Å². The van der Waals surface area contributed by atoms with Gasteiger partial charge in [-0.2, -0.15) is 0 Å². The molecule has 12 aromatic rings. The van der Waals surface area contributed by atoms with Crippen LogP contribution in [0.1, 0.15) is 0 Å². The Morgan fingerprint density at radius 2 is 0.859 bits per heavy atom. The minimum absolute atomic E-state index is 1.07. The normalized spacial score (nSPS) is 11.4. The fourth-order valence-corrected chi connectivity index (χ4v) is 9.79. The quantitative estimate of drug-likeness (QED) is 0.148. The van der Waals surface area contributed by atoms with Crippen LogP contribution in [0.15, 0.2) is 255 Å². The highest BCUT2D eigenvalue weighted by molar-refractivity contribution is 6.21. The average Bonchev–Trinajstić information content (AvgIpc) is 3.72. The Balaban J connectivity index is 1.08. The van der Waals surface area contributed by atoms with Crippen molar-refractivity contribution in [2.75, 3.05) is 4.90 Å². The second-order valence-corrected chi connectivity index (χ2v) is 16.5. The molecule has 1 aromatic heterocycles. The number of hydrogen-bond acceptors (Lipinski definition) is 1. The Hall–Kier alpha value is -8.46. The summed E-state index contributed by atoms with van der Waals surface area (Å²) in [5.41, 5.74) is 16.2. The number of benzene rings is 11. The van der Waals surface area contributed by atoms with Gasteiger partial charge in [-0.05, 0) is 110 Å². The van der Waals surface area contributed by atoms with Crippen molar-refractivity contribution in [2.45, 2.75) is 0 Å². The molecule has 0 aliphatic heterocycles. The summed E-state index contributed by atoms with van der Waals surface area (Å²) in [4.78, 5) is 2.43. The van der Waals surface area contributed by atoms with Gasteiger partial charge in [-0.3, -0.25) is 0 Å². The molecule has 0 atom stereocenters. The molecule has 1 heterocycles. The Labute approximate surface area is 373 Å². The molecular weight excluding hydrogens is 773 g/mol. The molecule has 2 nitrogen and oxygen atoms in total. The number of nitrogens with zero attached hydrogens (tertiary/aromatic N) is 2. The van der Waals surface area contributed by atoms with E-state index >= 15 is 0 Å². The summed E-state index contributed by atoms with van der Waals surface area (Å²) in [7, 11) is 0. The maximum Gasteiger partial charge on any atom is 0.0547 e. The van der Waals surface area contributed by atoms with Gasteiger partial charge in [-0.25, -0.2) is 0 Å². The molecule has 0 aliphatic carbocycles. The van der Waals surface area contributed by atoms with Crippen LogP contribution in [0, 0.1) is 0 Å². The molecule has 0 aliphatic rings. The largest absolute Gasteiger partial charge is 0.310 e. The third-order valence-electron chi connectivity index (χ3n) is 12.8. The lowest BCUT2D eigenvalue weighted by atomic mass is 9.92. The van der Waals surface area contributed by atoms with Crippen LogP contribution in [-0.4, -0.2) is 4.57 Å².